The Hall–Kier alpha value is -0.510. The zero-order valence-corrected chi connectivity index (χ0v) is 6.12. The van der Waals surface area contributed by atoms with Gasteiger partial charge in [-0.1, -0.05) is 0 Å². The Morgan fingerprint density at radius 3 is 2.67 bits per heavy atom. The molecule has 0 saturated carbocycles. The van der Waals surface area contributed by atoms with E-state index in [4.69, 9.17) is 11.1 Å². The normalized spacial score (nSPS) is 9.00. The summed E-state index contributed by atoms with van der Waals surface area (Å²) >= 11 is 1.34. The zero-order chi connectivity index (χ0) is 7.28. The highest BCUT2D eigenvalue weighted by atomic mass is 32.2. The van der Waals surface area contributed by atoms with Crippen LogP contribution in [0.25, 0.3) is 0 Å². The fourth-order valence-electron chi connectivity index (χ4n) is 0.305. The van der Waals surface area contributed by atoms with Crippen molar-refractivity contribution in [1.82, 2.24) is 0 Å². The summed E-state index contributed by atoms with van der Waals surface area (Å²) in [5.41, 5.74) is 4.86. The first-order valence-corrected chi connectivity index (χ1v) is 3.57. The zero-order valence-electron chi connectivity index (χ0n) is 5.31. The van der Waals surface area contributed by atoms with Crippen molar-refractivity contribution >= 4 is 22.7 Å². The van der Waals surface area contributed by atoms with E-state index >= 15 is 0 Å². The van der Waals surface area contributed by atoms with E-state index in [0.29, 0.717) is 17.2 Å². The highest BCUT2D eigenvalue weighted by Gasteiger charge is 1.94. The van der Waals surface area contributed by atoms with Crippen molar-refractivity contribution in [3.63, 3.8) is 0 Å². The van der Waals surface area contributed by atoms with Crippen LogP contribution in [0.5, 0.6) is 0 Å². The fourth-order valence-corrected chi connectivity index (χ4v) is 0.914. The maximum Gasteiger partial charge on any atom is 0.218 e. The van der Waals surface area contributed by atoms with Gasteiger partial charge in [0.1, 0.15) is 0 Å². The molecule has 0 heterocycles. The Morgan fingerprint density at radius 2 is 2.33 bits per heavy atom. The number of carbonyl (C=O) groups excluding carboxylic acids is 1. The molecule has 0 radical (unpaired) electrons. The van der Waals surface area contributed by atoms with Gasteiger partial charge in [0.25, 0.3) is 0 Å². The number of primary amides is 1. The summed E-state index contributed by atoms with van der Waals surface area (Å²) < 4.78 is 0. The van der Waals surface area contributed by atoms with Crippen LogP contribution in [-0.2, 0) is 4.79 Å². The lowest BCUT2D eigenvalue weighted by Crippen LogP contribution is -2.11. The molecule has 3 nitrogen and oxygen atoms in total. The van der Waals surface area contributed by atoms with Crippen LogP contribution in [0, 0.1) is 5.41 Å². The number of amides is 1. The highest BCUT2D eigenvalue weighted by Crippen LogP contribution is 2.02. The second-order valence-corrected chi connectivity index (χ2v) is 2.93. The highest BCUT2D eigenvalue weighted by molar-refractivity contribution is 8.13. The van der Waals surface area contributed by atoms with Crippen LogP contribution in [0.1, 0.15) is 13.3 Å². The molecular weight excluding hydrogens is 136 g/mol. The minimum Gasteiger partial charge on any atom is -0.370 e. The average Bonchev–Trinajstić information content (AvgIpc) is 1.63. The van der Waals surface area contributed by atoms with Crippen LogP contribution in [0.15, 0.2) is 0 Å². The second-order valence-electron chi connectivity index (χ2n) is 1.62. The number of carbonyl (C=O) groups is 1. The van der Waals surface area contributed by atoms with E-state index in [2.05, 4.69) is 0 Å². The SMILES string of the molecule is CC(=N)SCCC(N)=O. The molecule has 0 unspecified atom stereocenters. The predicted octanol–water partition coefficient (Wildman–Crippen LogP) is 0.592. The first-order chi connectivity index (χ1) is 4.13. The lowest BCUT2D eigenvalue weighted by Gasteiger charge is -1.93. The smallest absolute Gasteiger partial charge is 0.218 e. The van der Waals surface area contributed by atoms with Crippen molar-refractivity contribution < 1.29 is 4.79 Å². The van der Waals surface area contributed by atoms with E-state index in [1.54, 1.807) is 6.92 Å². The van der Waals surface area contributed by atoms with Gasteiger partial charge in [-0.2, -0.15) is 0 Å². The first kappa shape index (κ1) is 8.49. The lowest BCUT2D eigenvalue weighted by molar-refractivity contribution is -0.117. The Labute approximate surface area is 58.5 Å². The van der Waals surface area contributed by atoms with Gasteiger partial charge in [0.2, 0.25) is 5.91 Å². The molecule has 9 heavy (non-hydrogen) atoms. The van der Waals surface area contributed by atoms with Gasteiger partial charge in [-0.15, -0.1) is 11.8 Å². The summed E-state index contributed by atoms with van der Waals surface area (Å²) in [4.78, 5) is 10.1. The average molecular weight is 146 g/mol. The number of hydrogen-bond acceptors (Lipinski definition) is 3. The minimum atomic E-state index is -0.302. The Kier molecular flexibility index (Phi) is 4.13. The number of rotatable bonds is 3. The van der Waals surface area contributed by atoms with E-state index in [-0.39, 0.29) is 5.91 Å². The van der Waals surface area contributed by atoms with Gasteiger partial charge >= 0.3 is 0 Å². The summed E-state index contributed by atoms with van der Waals surface area (Å²) in [5, 5.41) is 7.47. The van der Waals surface area contributed by atoms with Crippen LogP contribution in [-0.4, -0.2) is 16.7 Å². The number of nitrogens with two attached hydrogens (primary N) is 1. The van der Waals surface area contributed by atoms with Gasteiger partial charge in [0.05, 0.1) is 5.04 Å². The Morgan fingerprint density at radius 1 is 1.78 bits per heavy atom. The molecule has 0 aliphatic heterocycles. The predicted molar refractivity (Wildman–Crippen MR) is 39.7 cm³/mol. The summed E-state index contributed by atoms with van der Waals surface area (Å²) in [6.45, 7) is 1.69. The Balaban J connectivity index is 3.10. The van der Waals surface area contributed by atoms with E-state index in [1.807, 2.05) is 0 Å². The van der Waals surface area contributed by atoms with E-state index in [1.165, 1.54) is 11.8 Å². The molecule has 52 valence electrons. The number of nitrogens with one attached hydrogen (secondary N) is 1. The first-order valence-electron chi connectivity index (χ1n) is 2.59. The van der Waals surface area contributed by atoms with E-state index in [0.717, 1.165) is 0 Å². The quantitative estimate of drug-likeness (QED) is 0.452. The molecule has 0 aromatic heterocycles. The van der Waals surface area contributed by atoms with Crippen LogP contribution in [0.3, 0.4) is 0 Å². The molecule has 0 spiro atoms. The molecule has 3 N–H and O–H groups in total. The summed E-state index contributed by atoms with van der Waals surface area (Å²) in [6.07, 6.45) is 0.362. The van der Waals surface area contributed by atoms with E-state index in [9.17, 15) is 4.79 Å². The number of hydrogen-bond donors (Lipinski definition) is 2. The summed E-state index contributed by atoms with van der Waals surface area (Å²) in [7, 11) is 0. The maximum atomic E-state index is 10.1. The summed E-state index contributed by atoms with van der Waals surface area (Å²) in [6, 6.07) is 0. The molecule has 0 atom stereocenters. The molecule has 0 aliphatic carbocycles. The van der Waals surface area contributed by atoms with Crippen molar-refractivity contribution in [2.75, 3.05) is 5.75 Å². The van der Waals surface area contributed by atoms with Crippen LogP contribution in [0.2, 0.25) is 0 Å². The van der Waals surface area contributed by atoms with Crippen LogP contribution < -0.4 is 5.73 Å². The van der Waals surface area contributed by atoms with Crippen molar-refractivity contribution in [1.29, 1.82) is 5.41 Å². The monoisotopic (exact) mass is 146 g/mol. The van der Waals surface area contributed by atoms with Crippen molar-refractivity contribution in [3.05, 3.63) is 0 Å². The standard InChI is InChI=1S/C5H10N2OS/c1-4(6)9-3-2-5(7)8/h6H,2-3H2,1H3,(H2,7,8). The molecule has 4 heteroatoms. The molecule has 0 saturated heterocycles. The van der Waals surface area contributed by atoms with Crippen molar-refractivity contribution in [3.8, 4) is 0 Å². The number of thioether (sulfide) groups is 1. The van der Waals surface area contributed by atoms with Gasteiger partial charge in [0.15, 0.2) is 0 Å². The van der Waals surface area contributed by atoms with Gasteiger partial charge in [-0.25, -0.2) is 0 Å². The molecular formula is C5H10N2OS. The van der Waals surface area contributed by atoms with Gasteiger partial charge in [0, 0.05) is 12.2 Å². The van der Waals surface area contributed by atoms with Gasteiger partial charge < -0.3 is 5.73 Å². The summed E-state index contributed by atoms with van der Waals surface area (Å²) in [5.74, 6) is 0.328. The third-order valence-corrected chi connectivity index (χ3v) is 1.51. The molecule has 0 aromatic carbocycles. The maximum absolute atomic E-state index is 10.1. The van der Waals surface area contributed by atoms with Crippen molar-refractivity contribution in [2.45, 2.75) is 13.3 Å². The molecule has 0 fully saturated rings. The molecule has 0 bridgehead atoms. The van der Waals surface area contributed by atoms with Crippen LogP contribution in [0.4, 0.5) is 0 Å². The Bertz CT molecular complexity index is 110. The minimum absolute atomic E-state index is 0.302. The fraction of sp³-hybridized carbons (Fsp3) is 0.600. The van der Waals surface area contributed by atoms with Crippen molar-refractivity contribution in [2.24, 2.45) is 5.73 Å². The molecule has 1 amide bonds. The third-order valence-electron chi connectivity index (χ3n) is 0.667. The molecule has 0 aromatic rings. The molecule has 0 rings (SSSR count). The van der Waals surface area contributed by atoms with Crippen LogP contribution >= 0.6 is 11.8 Å². The second kappa shape index (κ2) is 4.38. The van der Waals surface area contributed by atoms with Gasteiger partial charge in [-0.05, 0) is 6.92 Å². The third kappa shape index (κ3) is 7.49. The van der Waals surface area contributed by atoms with Gasteiger partial charge in [-0.3, -0.25) is 10.2 Å². The lowest BCUT2D eigenvalue weighted by atomic mass is 10.5. The van der Waals surface area contributed by atoms with E-state index < -0.39 is 0 Å². The largest absolute Gasteiger partial charge is 0.370 e. The molecule has 0 aliphatic rings. The topological polar surface area (TPSA) is 66.9 Å².